The monoisotopic (exact) mass is 336 g/mol. The molecule has 0 radical (unpaired) electrons. The molecule has 2 nitrogen and oxygen atoms in total. The van der Waals surface area contributed by atoms with Gasteiger partial charge in [-0.2, -0.15) is 0 Å². The summed E-state index contributed by atoms with van der Waals surface area (Å²) in [4.78, 5) is 0. The minimum atomic E-state index is -0.270. The van der Waals surface area contributed by atoms with Gasteiger partial charge in [-0.25, -0.2) is 4.39 Å². The Kier molecular flexibility index (Phi) is 5.15. The summed E-state index contributed by atoms with van der Waals surface area (Å²) in [6.45, 7) is 2.60. The third kappa shape index (κ3) is 3.38. The third-order valence-corrected chi connectivity index (χ3v) is 3.92. The number of hydrogen-bond donors (Lipinski definition) is 2. The average molecular weight is 337 g/mol. The van der Waals surface area contributed by atoms with E-state index in [1.54, 1.807) is 12.1 Å². The highest BCUT2D eigenvalue weighted by Crippen LogP contribution is 2.25. The summed E-state index contributed by atoms with van der Waals surface area (Å²) >= 11 is 3.20. The number of anilines is 1. The molecular weight excluding hydrogens is 319 g/mol. The van der Waals surface area contributed by atoms with Gasteiger partial charge in [0.1, 0.15) is 5.82 Å². The molecule has 20 heavy (non-hydrogen) atoms. The molecule has 0 saturated heterocycles. The van der Waals surface area contributed by atoms with Crippen LogP contribution in [0.2, 0.25) is 0 Å². The van der Waals surface area contributed by atoms with Gasteiger partial charge in [-0.15, -0.1) is 0 Å². The molecule has 0 aromatic heterocycles. The van der Waals surface area contributed by atoms with Gasteiger partial charge < -0.3 is 11.1 Å². The quantitative estimate of drug-likeness (QED) is 0.855. The zero-order chi connectivity index (χ0) is 14.5. The number of nitrogens with one attached hydrogen (secondary N) is 1. The summed E-state index contributed by atoms with van der Waals surface area (Å²) in [6, 6.07) is 13.1. The van der Waals surface area contributed by atoms with E-state index in [0.29, 0.717) is 11.0 Å². The molecule has 0 saturated carbocycles. The van der Waals surface area contributed by atoms with E-state index in [2.05, 4.69) is 40.3 Å². The van der Waals surface area contributed by atoms with E-state index in [0.717, 1.165) is 12.1 Å². The molecule has 0 heterocycles. The van der Waals surface area contributed by atoms with Crippen molar-refractivity contribution in [3.05, 3.63) is 63.9 Å². The molecule has 1 unspecified atom stereocenters. The van der Waals surface area contributed by atoms with Gasteiger partial charge in [0, 0.05) is 12.2 Å². The summed E-state index contributed by atoms with van der Waals surface area (Å²) in [5, 5.41) is 3.37. The molecule has 2 rings (SSSR count). The van der Waals surface area contributed by atoms with Gasteiger partial charge in [0.15, 0.2) is 0 Å². The van der Waals surface area contributed by atoms with Crippen molar-refractivity contribution in [2.45, 2.75) is 19.4 Å². The van der Waals surface area contributed by atoms with Gasteiger partial charge in [0.25, 0.3) is 0 Å². The van der Waals surface area contributed by atoms with Crippen LogP contribution in [0.1, 0.15) is 24.1 Å². The molecule has 0 spiro atoms. The minimum Gasteiger partial charge on any atom is -0.377 e. The van der Waals surface area contributed by atoms with E-state index in [4.69, 9.17) is 5.73 Å². The van der Waals surface area contributed by atoms with Crippen LogP contribution in [0.25, 0.3) is 0 Å². The van der Waals surface area contributed by atoms with Crippen molar-refractivity contribution >= 4 is 21.6 Å². The molecule has 0 aliphatic heterocycles. The van der Waals surface area contributed by atoms with E-state index >= 15 is 0 Å². The fourth-order valence-electron chi connectivity index (χ4n) is 2.25. The number of hydrogen-bond acceptors (Lipinski definition) is 2. The van der Waals surface area contributed by atoms with Crippen molar-refractivity contribution < 1.29 is 4.39 Å². The molecule has 106 valence electrons. The van der Waals surface area contributed by atoms with E-state index in [1.165, 1.54) is 17.2 Å². The first-order valence-electron chi connectivity index (χ1n) is 6.65. The molecule has 0 bridgehead atoms. The normalized spacial score (nSPS) is 12.2. The fourth-order valence-corrected chi connectivity index (χ4v) is 2.63. The number of benzene rings is 2. The zero-order valence-corrected chi connectivity index (χ0v) is 13.0. The molecule has 3 N–H and O–H groups in total. The number of nitrogens with two attached hydrogens (primary N) is 1. The molecule has 4 heteroatoms. The van der Waals surface area contributed by atoms with Crippen molar-refractivity contribution in [2.75, 3.05) is 11.9 Å². The van der Waals surface area contributed by atoms with Crippen LogP contribution in [-0.2, 0) is 6.42 Å². The summed E-state index contributed by atoms with van der Waals surface area (Å²) in [6.07, 6.45) is 0.960. The van der Waals surface area contributed by atoms with Gasteiger partial charge in [-0.1, -0.05) is 31.2 Å². The van der Waals surface area contributed by atoms with Crippen LogP contribution in [-0.4, -0.2) is 6.54 Å². The largest absolute Gasteiger partial charge is 0.377 e. The Balaban J connectivity index is 2.26. The Morgan fingerprint density at radius 3 is 2.65 bits per heavy atom. The molecule has 0 amide bonds. The highest BCUT2D eigenvalue weighted by molar-refractivity contribution is 9.10. The molecule has 0 aliphatic carbocycles. The highest BCUT2D eigenvalue weighted by atomic mass is 79.9. The molecule has 0 fully saturated rings. The predicted octanol–water partition coefficient (Wildman–Crippen LogP) is 4.26. The van der Waals surface area contributed by atoms with Crippen molar-refractivity contribution in [3.63, 3.8) is 0 Å². The number of rotatable bonds is 5. The second-order valence-electron chi connectivity index (χ2n) is 4.61. The average Bonchev–Trinajstić information content (AvgIpc) is 2.48. The van der Waals surface area contributed by atoms with Crippen molar-refractivity contribution in [3.8, 4) is 0 Å². The molecular formula is C16H18BrFN2. The SMILES string of the molecule is CCc1ccccc1C(CN)Nc1ccc(F)c(Br)c1. The van der Waals surface area contributed by atoms with Gasteiger partial charge in [0.05, 0.1) is 10.5 Å². The molecule has 2 aromatic carbocycles. The first-order chi connectivity index (χ1) is 9.65. The standard InChI is InChI=1S/C16H18BrFN2/c1-2-11-5-3-4-6-13(11)16(10-19)20-12-7-8-15(18)14(17)9-12/h3-9,16,20H,2,10,19H2,1H3. The van der Waals surface area contributed by atoms with Crippen LogP contribution in [0.4, 0.5) is 10.1 Å². The Morgan fingerprint density at radius 2 is 2.00 bits per heavy atom. The van der Waals surface area contributed by atoms with Gasteiger partial charge in [-0.3, -0.25) is 0 Å². The lowest BCUT2D eigenvalue weighted by molar-refractivity contribution is 0.621. The van der Waals surface area contributed by atoms with Crippen LogP contribution in [0.5, 0.6) is 0 Å². The lowest BCUT2D eigenvalue weighted by atomic mass is 9.98. The maximum atomic E-state index is 13.3. The molecule has 0 aliphatic rings. The van der Waals surface area contributed by atoms with Gasteiger partial charge >= 0.3 is 0 Å². The van der Waals surface area contributed by atoms with Gasteiger partial charge in [0.2, 0.25) is 0 Å². The fraction of sp³-hybridized carbons (Fsp3) is 0.250. The van der Waals surface area contributed by atoms with Gasteiger partial charge in [-0.05, 0) is 51.7 Å². The lowest BCUT2D eigenvalue weighted by Gasteiger charge is -2.21. The van der Waals surface area contributed by atoms with E-state index < -0.39 is 0 Å². The first-order valence-corrected chi connectivity index (χ1v) is 7.44. The Bertz CT molecular complexity index is 586. The Hall–Kier alpha value is -1.39. The molecule has 2 aromatic rings. The maximum absolute atomic E-state index is 13.3. The number of aryl methyl sites for hydroxylation is 1. The summed E-state index contributed by atoms with van der Waals surface area (Å²) in [5.74, 6) is -0.270. The van der Waals surface area contributed by atoms with Crippen LogP contribution < -0.4 is 11.1 Å². The smallest absolute Gasteiger partial charge is 0.137 e. The van der Waals surface area contributed by atoms with Crippen LogP contribution in [0.15, 0.2) is 46.9 Å². The van der Waals surface area contributed by atoms with E-state index in [1.807, 2.05) is 12.1 Å². The van der Waals surface area contributed by atoms with Crippen molar-refractivity contribution in [1.82, 2.24) is 0 Å². The highest BCUT2D eigenvalue weighted by Gasteiger charge is 2.13. The van der Waals surface area contributed by atoms with Crippen LogP contribution >= 0.6 is 15.9 Å². The number of halogens is 2. The molecule has 1 atom stereocenters. The maximum Gasteiger partial charge on any atom is 0.137 e. The third-order valence-electron chi connectivity index (χ3n) is 3.31. The van der Waals surface area contributed by atoms with Crippen LogP contribution in [0.3, 0.4) is 0 Å². The Morgan fingerprint density at radius 1 is 1.25 bits per heavy atom. The van der Waals surface area contributed by atoms with Crippen LogP contribution in [0, 0.1) is 5.82 Å². The summed E-state index contributed by atoms with van der Waals surface area (Å²) in [7, 11) is 0. The minimum absolute atomic E-state index is 0.0171. The lowest BCUT2D eigenvalue weighted by Crippen LogP contribution is -2.21. The van der Waals surface area contributed by atoms with E-state index in [9.17, 15) is 4.39 Å². The summed E-state index contributed by atoms with van der Waals surface area (Å²) in [5.41, 5.74) is 9.21. The van der Waals surface area contributed by atoms with Crippen molar-refractivity contribution in [2.24, 2.45) is 5.73 Å². The topological polar surface area (TPSA) is 38.0 Å². The first kappa shape index (κ1) is 15.0. The summed E-state index contributed by atoms with van der Waals surface area (Å²) < 4.78 is 13.7. The zero-order valence-electron chi connectivity index (χ0n) is 11.4. The Labute approximate surface area is 127 Å². The van der Waals surface area contributed by atoms with Crippen molar-refractivity contribution in [1.29, 1.82) is 0 Å². The second-order valence-corrected chi connectivity index (χ2v) is 5.47. The predicted molar refractivity (Wildman–Crippen MR) is 85.3 cm³/mol. The second kappa shape index (κ2) is 6.86. The van der Waals surface area contributed by atoms with E-state index in [-0.39, 0.29) is 11.9 Å².